The molecule has 0 saturated carbocycles. The molecule has 2 aliphatic rings. The van der Waals surface area contributed by atoms with Gasteiger partial charge in [-0.3, -0.25) is 4.79 Å². The number of amides is 1. The number of carbonyl (C=O) groups excluding carboxylic acids is 2. The van der Waals surface area contributed by atoms with E-state index in [4.69, 9.17) is 4.74 Å². The number of hydrogen-bond acceptors (Lipinski definition) is 4. The smallest absolute Gasteiger partial charge is 0.416 e. The van der Waals surface area contributed by atoms with Crippen LogP contribution in [0.3, 0.4) is 0 Å². The molecule has 1 aromatic rings. The first-order valence-corrected chi connectivity index (χ1v) is 9.21. The lowest BCUT2D eigenvalue weighted by Gasteiger charge is -2.40. The van der Waals surface area contributed by atoms with E-state index in [0.29, 0.717) is 32.0 Å². The second-order valence-electron chi connectivity index (χ2n) is 7.55. The third-order valence-corrected chi connectivity index (χ3v) is 5.44. The van der Waals surface area contributed by atoms with Crippen molar-refractivity contribution in [2.24, 2.45) is 0 Å². The summed E-state index contributed by atoms with van der Waals surface area (Å²) in [6.45, 7) is 6.99. The van der Waals surface area contributed by atoms with Gasteiger partial charge in [-0.1, -0.05) is 6.07 Å². The Labute approximate surface area is 161 Å². The molecule has 2 heterocycles. The molecule has 0 unspecified atom stereocenters. The second kappa shape index (κ2) is 7.24. The number of rotatable bonds is 3. The van der Waals surface area contributed by atoms with Gasteiger partial charge in [0, 0.05) is 43.2 Å². The number of nitrogens with zero attached hydrogens (tertiary/aromatic N) is 1. The van der Waals surface area contributed by atoms with Gasteiger partial charge in [0.05, 0.1) is 11.1 Å². The van der Waals surface area contributed by atoms with Gasteiger partial charge in [-0.15, -0.1) is 0 Å². The zero-order valence-electron chi connectivity index (χ0n) is 16.0. The van der Waals surface area contributed by atoms with Gasteiger partial charge in [-0.05, 0) is 39.0 Å². The molecule has 28 heavy (non-hydrogen) atoms. The molecule has 1 spiro atoms. The van der Waals surface area contributed by atoms with Crippen LogP contribution in [0, 0.1) is 0 Å². The average Bonchev–Trinajstić information content (AvgIpc) is 2.85. The normalized spacial score (nSPS) is 20.0. The predicted octanol–water partition coefficient (Wildman–Crippen LogP) is 3.76. The molecule has 152 valence electrons. The first-order valence-electron chi connectivity index (χ1n) is 9.21. The summed E-state index contributed by atoms with van der Waals surface area (Å²) < 4.78 is 44.3. The fraction of sp³-hybridized carbons (Fsp3) is 0.500. The van der Waals surface area contributed by atoms with Crippen LogP contribution < -0.4 is 5.32 Å². The summed E-state index contributed by atoms with van der Waals surface area (Å²) in [7, 11) is 0. The number of ether oxygens (including phenoxy) is 1. The van der Waals surface area contributed by atoms with Gasteiger partial charge in [0.15, 0.2) is 0 Å². The van der Waals surface area contributed by atoms with Gasteiger partial charge < -0.3 is 15.0 Å². The number of anilines is 1. The van der Waals surface area contributed by atoms with E-state index in [1.165, 1.54) is 19.1 Å². The number of nitrogens with one attached hydrogen (secondary N) is 1. The third-order valence-electron chi connectivity index (χ3n) is 5.44. The van der Waals surface area contributed by atoms with Gasteiger partial charge in [0.25, 0.3) is 5.91 Å². The van der Waals surface area contributed by atoms with Gasteiger partial charge in [-0.2, -0.15) is 13.2 Å². The summed E-state index contributed by atoms with van der Waals surface area (Å²) in [5.74, 6) is -1.15. The standard InChI is InChI=1S/C20H23F3N2O3/c1-12(2)25-9-7-19(8-10-25)16(13(3)18(27)28-19)17(26)24-15-6-4-5-14(11-15)20(21,22)23/h4-6,11-12H,7-10H2,1-3H3,(H,24,26). The number of carbonyl (C=O) groups is 2. The van der Waals surface area contributed by atoms with E-state index in [2.05, 4.69) is 24.1 Å². The first kappa shape index (κ1) is 20.4. The molecule has 1 saturated heterocycles. The Morgan fingerprint density at radius 3 is 2.46 bits per heavy atom. The molecule has 0 radical (unpaired) electrons. The number of likely N-dealkylation sites (tertiary alicyclic amines) is 1. The molecule has 3 rings (SSSR count). The van der Waals surface area contributed by atoms with Gasteiger partial charge in [0.2, 0.25) is 0 Å². The zero-order valence-corrected chi connectivity index (χ0v) is 16.0. The lowest BCUT2D eigenvalue weighted by Crippen LogP contribution is -2.49. The van der Waals surface area contributed by atoms with Crippen LogP contribution in [0.1, 0.15) is 39.2 Å². The number of hydrogen-bond donors (Lipinski definition) is 1. The minimum absolute atomic E-state index is 0.0224. The fourth-order valence-corrected chi connectivity index (χ4v) is 3.85. The van der Waals surface area contributed by atoms with Crippen molar-refractivity contribution in [3.63, 3.8) is 0 Å². The quantitative estimate of drug-likeness (QED) is 0.791. The van der Waals surface area contributed by atoms with Crippen molar-refractivity contribution in [1.29, 1.82) is 0 Å². The van der Waals surface area contributed by atoms with E-state index < -0.39 is 29.2 Å². The minimum Gasteiger partial charge on any atom is -0.450 e. The zero-order chi connectivity index (χ0) is 20.7. The van der Waals surface area contributed by atoms with Crippen LogP contribution >= 0.6 is 0 Å². The molecule has 0 atom stereocenters. The number of esters is 1. The Morgan fingerprint density at radius 1 is 1.25 bits per heavy atom. The van der Waals surface area contributed by atoms with Crippen LogP contribution in [0.15, 0.2) is 35.4 Å². The molecule has 0 aliphatic carbocycles. The summed E-state index contributed by atoms with van der Waals surface area (Å²) in [6, 6.07) is 4.76. The Hall–Kier alpha value is -2.35. The lowest BCUT2D eigenvalue weighted by atomic mass is 9.82. The molecule has 8 heteroatoms. The molecule has 1 N–H and O–H groups in total. The summed E-state index contributed by atoms with van der Waals surface area (Å²) >= 11 is 0. The summed E-state index contributed by atoms with van der Waals surface area (Å²) in [5.41, 5.74) is -1.41. The monoisotopic (exact) mass is 396 g/mol. The molecule has 0 aromatic heterocycles. The van der Waals surface area contributed by atoms with Crippen LogP contribution in [0.5, 0.6) is 0 Å². The Kier molecular flexibility index (Phi) is 5.27. The van der Waals surface area contributed by atoms with Crippen molar-refractivity contribution in [3.8, 4) is 0 Å². The van der Waals surface area contributed by atoms with E-state index in [-0.39, 0.29) is 16.8 Å². The molecule has 5 nitrogen and oxygen atoms in total. The van der Waals surface area contributed by atoms with Crippen LogP contribution in [-0.2, 0) is 20.5 Å². The van der Waals surface area contributed by atoms with E-state index in [0.717, 1.165) is 12.1 Å². The third kappa shape index (κ3) is 3.78. The van der Waals surface area contributed by atoms with Crippen LogP contribution in [0.2, 0.25) is 0 Å². The Morgan fingerprint density at radius 2 is 1.89 bits per heavy atom. The maximum atomic E-state index is 12.9. The molecule has 1 aromatic carbocycles. The van der Waals surface area contributed by atoms with Crippen molar-refractivity contribution in [2.45, 2.75) is 51.4 Å². The van der Waals surface area contributed by atoms with E-state index in [1.54, 1.807) is 0 Å². The van der Waals surface area contributed by atoms with Crippen LogP contribution in [0.4, 0.5) is 18.9 Å². The Bertz CT molecular complexity index is 822. The molecule has 2 aliphatic heterocycles. The highest BCUT2D eigenvalue weighted by atomic mass is 19.4. The van der Waals surface area contributed by atoms with Crippen molar-refractivity contribution >= 4 is 17.6 Å². The highest BCUT2D eigenvalue weighted by Crippen LogP contribution is 2.42. The molecule has 0 bridgehead atoms. The molecular formula is C20H23F3N2O3. The number of halogens is 3. The topological polar surface area (TPSA) is 58.6 Å². The second-order valence-corrected chi connectivity index (χ2v) is 7.55. The van der Waals surface area contributed by atoms with E-state index in [1.807, 2.05) is 0 Å². The molecular weight excluding hydrogens is 373 g/mol. The first-order chi connectivity index (χ1) is 13.0. The fourth-order valence-electron chi connectivity index (χ4n) is 3.85. The van der Waals surface area contributed by atoms with Gasteiger partial charge in [-0.25, -0.2) is 4.79 Å². The highest BCUT2D eigenvalue weighted by molar-refractivity contribution is 6.12. The molecule has 1 fully saturated rings. The van der Waals surface area contributed by atoms with Gasteiger partial charge in [0.1, 0.15) is 5.60 Å². The van der Waals surface area contributed by atoms with Crippen molar-refractivity contribution in [1.82, 2.24) is 4.90 Å². The average molecular weight is 396 g/mol. The van der Waals surface area contributed by atoms with Crippen LogP contribution in [0.25, 0.3) is 0 Å². The van der Waals surface area contributed by atoms with Gasteiger partial charge >= 0.3 is 12.1 Å². The SMILES string of the molecule is CC1=C(C(=O)Nc2cccc(C(F)(F)F)c2)C2(CCN(C(C)C)CC2)OC1=O. The molecule has 1 amide bonds. The van der Waals surface area contributed by atoms with Crippen molar-refractivity contribution in [3.05, 3.63) is 41.0 Å². The summed E-state index contributed by atoms with van der Waals surface area (Å²) in [5, 5.41) is 2.51. The number of benzene rings is 1. The van der Waals surface area contributed by atoms with Crippen molar-refractivity contribution in [2.75, 3.05) is 18.4 Å². The minimum atomic E-state index is -4.51. The van der Waals surface area contributed by atoms with Crippen molar-refractivity contribution < 1.29 is 27.5 Å². The van der Waals surface area contributed by atoms with Crippen LogP contribution in [-0.4, -0.2) is 41.5 Å². The largest absolute Gasteiger partial charge is 0.450 e. The number of piperidine rings is 1. The highest BCUT2D eigenvalue weighted by Gasteiger charge is 2.51. The van der Waals surface area contributed by atoms with E-state index in [9.17, 15) is 22.8 Å². The maximum Gasteiger partial charge on any atom is 0.416 e. The Balaban J connectivity index is 1.84. The maximum absolute atomic E-state index is 12.9. The summed E-state index contributed by atoms with van der Waals surface area (Å²) in [4.78, 5) is 27.3. The summed E-state index contributed by atoms with van der Waals surface area (Å²) in [6.07, 6.45) is -3.56. The van der Waals surface area contributed by atoms with E-state index >= 15 is 0 Å². The predicted molar refractivity (Wildman–Crippen MR) is 97.5 cm³/mol. The number of alkyl halides is 3. The lowest BCUT2D eigenvalue weighted by molar-refractivity contribution is -0.151.